The topological polar surface area (TPSA) is 84.5 Å². The van der Waals surface area contributed by atoms with Crippen molar-refractivity contribution < 1.29 is 17.9 Å². The van der Waals surface area contributed by atoms with E-state index in [2.05, 4.69) is 17.0 Å². The molecule has 0 spiro atoms. The van der Waals surface area contributed by atoms with Crippen molar-refractivity contribution in [3.63, 3.8) is 0 Å². The van der Waals surface area contributed by atoms with Gasteiger partial charge in [-0.15, -0.1) is 0 Å². The average molecular weight is 310 g/mol. The second-order valence-electron chi connectivity index (χ2n) is 5.73. The maximum Gasteiger partial charge on any atom is 0.262 e. The lowest BCUT2D eigenvalue weighted by Gasteiger charge is -2.19. The van der Waals surface area contributed by atoms with E-state index >= 15 is 0 Å². The van der Waals surface area contributed by atoms with Crippen molar-refractivity contribution in [2.24, 2.45) is 5.92 Å². The van der Waals surface area contributed by atoms with Crippen LogP contribution in [0, 0.1) is 5.92 Å². The Balaban J connectivity index is 1.82. The van der Waals surface area contributed by atoms with Gasteiger partial charge in [0, 0.05) is 6.04 Å². The van der Waals surface area contributed by atoms with Crippen molar-refractivity contribution in [3.8, 4) is 5.75 Å². The lowest BCUT2D eigenvalue weighted by Crippen LogP contribution is -2.33. The summed E-state index contributed by atoms with van der Waals surface area (Å²) < 4.78 is 32.8. The van der Waals surface area contributed by atoms with Gasteiger partial charge in [-0.05, 0) is 43.4 Å². The monoisotopic (exact) mass is 310 g/mol. The summed E-state index contributed by atoms with van der Waals surface area (Å²) in [4.78, 5) is 11.4. The van der Waals surface area contributed by atoms with Gasteiger partial charge in [-0.2, -0.15) is 0 Å². The van der Waals surface area contributed by atoms with Crippen molar-refractivity contribution in [2.75, 3.05) is 11.9 Å². The van der Waals surface area contributed by atoms with Crippen LogP contribution >= 0.6 is 0 Å². The first-order chi connectivity index (χ1) is 9.94. The fourth-order valence-electron chi connectivity index (χ4n) is 2.83. The molecular weight excluding hydrogens is 292 g/mol. The Labute approximate surface area is 123 Å². The van der Waals surface area contributed by atoms with Crippen molar-refractivity contribution in [1.29, 1.82) is 0 Å². The van der Waals surface area contributed by atoms with Gasteiger partial charge in [-0.25, -0.2) is 13.1 Å². The van der Waals surface area contributed by atoms with Gasteiger partial charge in [0.25, 0.3) is 5.91 Å². The van der Waals surface area contributed by atoms with Gasteiger partial charge in [0.1, 0.15) is 5.75 Å². The molecule has 2 aliphatic rings. The van der Waals surface area contributed by atoms with Gasteiger partial charge in [-0.1, -0.05) is 6.92 Å². The largest absolute Gasteiger partial charge is 0.482 e. The fraction of sp³-hybridized carbons (Fsp3) is 0.500. The van der Waals surface area contributed by atoms with Crippen LogP contribution in [0.3, 0.4) is 0 Å². The molecule has 1 aromatic rings. The van der Waals surface area contributed by atoms with Gasteiger partial charge in [-0.3, -0.25) is 4.79 Å². The Bertz CT molecular complexity index is 672. The molecule has 2 atom stereocenters. The smallest absolute Gasteiger partial charge is 0.262 e. The number of benzene rings is 1. The highest BCUT2D eigenvalue weighted by Crippen LogP contribution is 2.31. The molecule has 7 heteroatoms. The molecule has 1 aromatic carbocycles. The summed E-state index contributed by atoms with van der Waals surface area (Å²) >= 11 is 0. The van der Waals surface area contributed by atoms with Crippen LogP contribution in [0.4, 0.5) is 5.69 Å². The summed E-state index contributed by atoms with van der Waals surface area (Å²) in [5.41, 5.74) is 0.397. The van der Waals surface area contributed by atoms with E-state index in [1.54, 1.807) is 6.07 Å². The number of sulfonamides is 1. The number of ether oxygens (including phenoxy) is 1. The molecule has 1 amide bonds. The minimum atomic E-state index is -3.57. The first-order valence-corrected chi connectivity index (χ1v) is 8.51. The van der Waals surface area contributed by atoms with Gasteiger partial charge >= 0.3 is 0 Å². The minimum Gasteiger partial charge on any atom is -0.482 e. The van der Waals surface area contributed by atoms with Gasteiger partial charge in [0.2, 0.25) is 10.0 Å². The highest BCUT2D eigenvalue weighted by Gasteiger charge is 2.27. The normalized spacial score (nSPS) is 25.1. The van der Waals surface area contributed by atoms with Crippen LogP contribution < -0.4 is 14.8 Å². The molecule has 1 aliphatic carbocycles. The molecule has 6 nitrogen and oxygen atoms in total. The van der Waals surface area contributed by atoms with Crippen LogP contribution in [-0.2, 0) is 14.8 Å². The second kappa shape index (κ2) is 5.31. The molecule has 1 saturated carbocycles. The van der Waals surface area contributed by atoms with Crippen LogP contribution in [0.5, 0.6) is 5.75 Å². The Hall–Kier alpha value is -1.60. The van der Waals surface area contributed by atoms with Crippen LogP contribution in [-0.4, -0.2) is 27.0 Å². The zero-order chi connectivity index (χ0) is 15.0. The maximum atomic E-state index is 12.4. The van der Waals surface area contributed by atoms with E-state index in [0.717, 1.165) is 19.3 Å². The van der Waals surface area contributed by atoms with Crippen molar-refractivity contribution in [1.82, 2.24) is 4.72 Å². The van der Waals surface area contributed by atoms with Crippen molar-refractivity contribution in [3.05, 3.63) is 18.2 Å². The summed E-state index contributed by atoms with van der Waals surface area (Å²) in [6, 6.07) is 4.50. The molecular formula is C14H18N2O4S. The Morgan fingerprint density at radius 1 is 1.33 bits per heavy atom. The number of anilines is 1. The molecule has 0 radical (unpaired) electrons. The molecule has 1 fully saturated rings. The first kappa shape index (κ1) is 14.3. The molecule has 114 valence electrons. The summed E-state index contributed by atoms with van der Waals surface area (Å²) in [6.45, 7) is 2.08. The van der Waals surface area contributed by atoms with E-state index in [4.69, 9.17) is 4.74 Å². The molecule has 2 N–H and O–H groups in total. The molecule has 1 aliphatic heterocycles. The average Bonchev–Trinajstić information content (AvgIpc) is 2.82. The predicted molar refractivity (Wildman–Crippen MR) is 77.7 cm³/mol. The number of hydrogen-bond acceptors (Lipinski definition) is 4. The quantitative estimate of drug-likeness (QED) is 0.886. The van der Waals surface area contributed by atoms with Crippen LogP contribution in [0.15, 0.2) is 23.1 Å². The molecule has 0 aromatic heterocycles. The Morgan fingerprint density at radius 3 is 2.86 bits per heavy atom. The first-order valence-electron chi connectivity index (χ1n) is 7.03. The fourth-order valence-corrected chi connectivity index (χ4v) is 4.14. The molecule has 1 heterocycles. The number of carbonyl (C=O) groups excluding carboxylic acids is 1. The molecule has 0 bridgehead atoms. The molecule has 3 rings (SSSR count). The van der Waals surface area contributed by atoms with Crippen LogP contribution in [0.1, 0.15) is 26.2 Å². The van der Waals surface area contributed by atoms with E-state index in [0.29, 0.717) is 17.4 Å². The summed E-state index contributed by atoms with van der Waals surface area (Å²) in [7, 11) is -3.57. The van der Waals surface area contributed by atoms with Gasteiger partial charge in [0.05, 0.1) is 10.6 Å². The Morgan fingerprint density at radius 2 is 2.14 bits per heavy atom. The van der Waals surface area contributed by atoms with E-state index < -0.39 is 10.0 Å². The number of rotatable bonds is 3. The third-order valence-electron chi connectivity index (χ3n) is 3.91. The second-order valence-corrected chi connectivity index (χ2v) is 7.45. The maximum absolute atomic E-state index is 12.4. The van der Waals surface area contributed by atoms with E-state index in [1.807, 2.05) is 0 Å². The Kier molecular flexibility index (Phi) is 3.62. The lowest BCUT2D eigenvalue weighted by molar-refractivity contribution is -0.118. The summed E-state index contributed by atoms with van der Waals surface area (Å²) in [6.07, 6.45) is 2.77. The highest BCUT2D eigenvalue weighted by molar-refractivity contribution is 7.89. The molecule has 21 heavy (non-hydrogen) atoms. The highest BCUT2D eigenvalue weighted by atomic mass is 32.2. The van der Waals surface area contributed by atoms with E-state index in [-0.39, 0.29) is 23.5 Å². The third-order valence-corrected chi connectivity index (χ3v) is 5.43. The summed E-state index contributed by atoms with van der Waals surface area (Å²) in [5.74, 6) is 0.756. The van der Waals surface area contributed by atoms with E-state index in [9.17, 15) is 13.2 Å². The number of hydrogen-bond donors (Lipinski definition) is 2. The van der Waals surface area contributed by atoms with Crippen molar-refractivity contribution in [2.45, 2.75) is 37.1 Å². The van der Waals surface area contributed by atoms with Gasteiger partial charge < -0.3 is 10.1 Å². The molecule has 2 unspecified atom stereocenters. The van der Waals surface area contributed by atoms with Gasteiger partial charge in [0.15, 0.2) is 6.61 Å². The lowest BCUT2D eigenvalue weighted by atomic mass is 10.1. The standard InChI is InChI=1S/C14H18N2O4S/c1-9-2-3-10(6-9)16-21(18,19)11-4-5-13-12(7-11)15-14(17)8-20-13/h4-5,7,9-10,16H,2-3,6,8H2,1H3,(H,15,17). The SMILES string of the molecule is CC1CCC(NS(=O)(=O)c2ccc3c(c2)NC(=O)CO3)C1. The minimum absolute atomic E-state index is 0.00752. The number of amides is 1. The number of fused-ring (bicyclic) bond motifs is 1. The third kappa shape index (κ3) is 3.03. The zero-order valence-corrected chi connectivity index (χ0v) is 12.6. The van der Waals surface area contributed by atoms with Crippen molar-refractivity contribution >= 4 is 21.6 Å². The van der Waals surface area contributed by atoms with Crippen LogP contribution in [0.25, 0.3) is 0 Å². The number of nitrogens with one attached hydrogen (secondary N) is 2. The predicted octanol–water partition coefficient (Wildman–Crippen LogP) is 1.48. The number of carbonyl (C=O) groups is 1. The zero-order valence-electron chi connectivity index (χ0n) is 11.8. The summed E-state index contributed by atoms with van der Waals surface area (Å²) in [5, 5.41) is 2.62. The van der Waals surface area contributed by atoms with Crippen LogP contribution in [0.2, 0.25) is 0 Å². The van der Waals surface area contributed by atoms with E-state index in [1.165, 1.54) is 12.1 Å². The molecule has 0 saturated heterocycles.